The van der Waals surface area contributed by atoms with E-state index >= 15 is 0 Å². The van der Waals surface area contributed by atoms with Crippen molar-refractivity contribution in [1.29, 1.82) is 0 Å². The zero-order valence-electron chi connectivity index (χ0n) is 18.6. The number of fused-ring (bicyclic) bond motifs is 4. The highest BCUT2D eigenvalue weighted by Gasteiger charge is 2.49. The van der Waals surface area contributed by atoms with E-state index in [9.17, 15) is 9.59 Å². The Kier molecular flexibility index (Phi) is 5.77. The summed E-state index contributed by atoms with van der Waals surface area (Å²) in [6.45, 7) is 2.05. The predicted octanol–water partition coefficient (Wildman–Crippen LogP) is 3.56. The fourth-order valence-corrected chi connectivity index (χ4v) is 5.82. The second-order valence-electron chi connectivity index (χ2n) is 9.04. The summed E-state index contributed by atoms with van der Waals surface area (Å²) >= 11 is 0. The molecule has 2 aromatic carbocycles. The number of hydrogen-bond donors (Lipinski definition) is 1. The van der Waals surface area contributed by atoms with Gasteiger partial charge in [-0.15, -0.1) is 0 Å². The normalized spacial score (nSPS) is 24.3. The number of carbonyl (C=O) groups is 2. The molecule has 0 aliphatic carbocycles. The van der Waals surface area contributed by atoms with E-state index in [2.05, 4.69) is 23.5 Å². The molecule has 5 rings (SSSR count). The molecule has 3 atom stereocenters. The fourth-order valence-electron chi connectivity index (χ4n) is 5.82. The van der Waals surface area contributed by atoms with Gasteiger partial charge < -0.3 is 19.9 Å². The Morgan fingerprint density at radius 2 is 1.97 bits per heavy atom. The number of likely N-dealkylation sites (tertiary alicyclic amines) is 1. The lowest BCUT2D eigenvalue weighted by atomic mass is 9.76. The number of piperidine rings is 2. The average molecular weight is 434 g/mol. The van der Waals surface area contributed by atoms with E-state index in [-0.39, 0.29) is 29.9 Å². The third-order valence-electron chi connectivity index (χ3n) is 7.35. The number of amides is 3. The van der Waals surface area contributed by atoms with Crippen LogP contribution in [0.25, 0.3) is 0 Å². The van der Waals surface area contributed by atoms with E-state index < -0.39 is 0 Å². The summed E-state index contributed by atoms with van der Waals surface area (Å²) in [7, 11) is 1.69. The van der Waals surface area contributed by atoms with Gasteiger partial charge in [-0.3, -0.25) is 4.79 Å². The highest BCUT2D eigenvalue weighted by atomic mass is 16.5. The van der Waals surface area contributed by atoms with Crippen molar-refractivity contribution in [2.75, 3.05) is 26.7 Å². The summed E-state index contributed by atoms with van der Waals surface area (Å²) < 4.78 is 5.67. The number of carbonyl (C=O) groups excluding carboxylic acids is 2. The first-order chi connectivity index (χ1) is 15.7. The first-order valence-electron chi connectivity index (χ1n) is 11.7. The quantitative estimate of drug-likeness (QED) is 0.802. The number of hydrogen-bond acceptors (Lipinski definition) is 3. The van der Waals surface area contributed by atoms with E-state index in [1.807, 2.05) is 40.1 Å². The third kappa shape index (κ3) is 3.72. The number of benzene rings is 2. The van der Waals surface area contributed by atoms with E-state index in [0.29, 0.717) is 13.1 Å². The molecule has 0 bridgehead atoms. The van der Waals surface area contributed by atoms with Gasteiger partial charge in [0.25, 0.3) is 0 Å². The van der Waals surface area contributed by atoms with Crippen LogP contribution in [0, 0.1) is 5.92 Å². The molecule has 0 radical (unpaired) electrons. The fraction of sp³-hybridized carbons (Fsp3) is 0.462. The minimum atomic E-state index is -0.101. The Morgan fingerprint density at radius 3 is 2.78 bits per heavy atom. The van der Waals surface area contributed by atoms with Crippen LogP contribution in [-0.2, 0) is 17.6 Å². The first-order valence-corrected chi connectivity index (χ1v) is 11.7. The summed E-state index contributed by atoms with van der Waals surface area (Å²) in [6.07, 6.45) is 4.16. The van der Waals surface area contributed by atoms with Gasteiger partial charge in [0, 0.05) is 31.2 Å². The molecule has 6 heteroatoms. The second-order valence-corrected chi connectivity index (χ2v) is 9.04. The molecule has 0 saturated carbocycles. The molecule has 2 fully saturated rings. The maximum Gasteiger partial charge on any atom is 0.317 e. The lowest BCUT2D eigenvalue weighted by Crippen LogP contribution is -2.61. The second kappa shape index (κ2) is 8.85. The lowest BCUT2D eigenvalue weighted by Gasteiger charge is -2.51. The van der Waals surface area contributed by atoms with Crippen LogP contribution in [0.2, 0.25) is 0 Å². The summed E-state index contributed by atoms with van der Waals surface area (Å²) in [5, 5.41) is 3.10. The van der Waals surface area contributed by atoms with Crippen LogP contribution in [0.5, 0.6) is 5.75 Å². The molecule has 0 unspecified atom stereocenters. The zero-order valence-corrected chi connectivity index (χ0v) is 18.6. The van der Waals surface area contributed by atoms with Gasteiger partial charge >= 0.3 is 6.03 Å². The van der Waals surface area contributed by atoms with Crippen molar-refractivity contribution in [3.8, 4) is 5.75 Å². The van der Waals surface area contributed by atoms with Gasteiger partial charge in [-0.1, -0.05) is 42.5 Å². The molecule has 2 aromatic rings. The smallest absolute Gasteiger partial charge is 0.317 e. The standard InChI is InChI=1S/C26H31N3O3/c1-32-23-11-5-9-19-13-16-28-22(24(19)23)17-21-20(25(28)30)10-6-15-29(21)26(31)27-14-12-18-7-3-2-4-8-18/h2-5,7-9,11,20-22H,6,10,12-17H2,1H3,(H,27,31)/t20-,21-,22+/m1/s1. The number of urea groups is 1. The number of nitrogens with zero attached hydrogens (tertiary/aromatic N) is 2. The molecule has 32 heavy (non-hydrogen) atoms. The number of nitrogens with one attached hydrogen (secondary N) is 1. The maximum atomic E-state index is 13.5. The average Bonchev–Trinajstić information content (AvgIpc) is 2.84. The van der Waals surface area contributed by atoms with Crippen LogP contribution >= 0.6 is 0 Å². The van der Waals surface area contributed by atoms with Gasteiger partial charge in [0.1, 0.15) is 5.75 Å². The van der Waals surface area contributed by atoms with Crippen LogP contribution in [0.15, 0.2) is 48.5 Å². The van der Waals surface area contributed by atoms with Crippen LogP contribution in [0.1, 0.15) is 42.0 Å². The van der Waals surface area contributed by atoms with Gasteiger partial charge in [0.05, 0.1) is 19.1 Å². The van der Waals surface area contributed by atoms with Gasteiger partial charge in [0.15, 0.2) is 0 Å². The Labute approximate surface area is 189 Å². The van der Waals surface area contributed by atoms with Crippen molar-refractivity contribution in [1.82, 2.24) is 15.1 Å². The topological polar surface area (TPSA) is 61.9 Å². The molecule has 0 aromatic heterocycles. The molecule has 2 saturated heterocycles. The minimum Gasteiger partial charge on any atom is -0.496 e. The van der Waals surface area contributed by atoms with E-state index in [1.54, 1.807) is 7.11 Å². The monoisotopic (exact) mass is 433 g/mol. The minimum absolute atomic E-state index is 0.0265. The van der Waals surface area contributed by atoms with Crippen molar-refractivity contribution >= 4 is 11.9 Å². The number of methoxy groups -OCH3 is 1. The molecule has 0 spiro atoms. The first kappa shape index (κ1) is 20.9. The maximum absolute atomic E-state index is 13.5. The predicted molar refractivity (Wildman–Crippen MR) is 123 cm³/mol. The Bertz CT molecular complexity index is 979. The number of ether oxygens (including phenoxy) is 1. The number of rotatable bonds is 4. The Morgan fingerprint density at radius 1 is 1.12 bits per heavy atom. The molecule has 6 nitrogen and oxygen atoms in total. The molecule has 168 valence electrons. The molecule has 1 N–H and O–H groups in total. The summed E-state index contributed by atoms with van der Waals surface area (Å²) in [5.41, 5.74) is 3.59. The van der Waals surface area contributed by atoms with Crippen molar-refractivity contribution < 1.29 is 14.3 Å². The van der Waals surface area contributed by atoms with Crippen LogP contribution in [-0.4, -0.2) is 54.5 Å². The lowest BCUT2D eigenvalue weighted by molar-refractivity contribution is -0.148. The Balaban J connectivity index is 1.34. The van der Waals surface area contributed by atoms with Gasteiger partial charge in [0.2, 0.25) is 5.91 Å². The van der Waals surface area contributed by atoms with Gasteiger partial charge in [-0.05, 0) is 49.3 Å². The highest BCUT2D eigenvalue weighted by molar-refractivity contribution is 5.84. The van der Waals surface area contributed by atoms with E-state index in [1.165, 1.54) is 11.1 Å². The zero-order chi connectivity index (χ0) is 22.1. The molecular weight excluding hydrogens is 402 g/mol. The van der Waals surface area contributed by atoms with Gasteiger partial charge in [-0.25, -0.2) is 4.79 Å². The summed E-state index contributed by atoms with van der Waals surface area (Å²) in [5.74, 6) is 0.943. The molecule has 3 aliphatic rings. The largest absolute Gasteiger partial charge is 0.496 e. The molecule has 3 aliphatic heterocycles. The van der Waals surface area contributed by atoms with E-state index in [0.717, 1.165) is 50.0 Å². The van der Waals surface area contributed by atoms with Crippen LogP contribution in [0.4, 0.5) is 4.79 Å². The molecular formula is C26H31N3O3. The summed E-state index contributed by atoms with van der Waals surface area (Å²) in [6, 6.07) is 16.2. The third-order valence-corrected chi connectivity index (χ3v) is 7.35. The molecule has 3 amide bonds. The highest BCUT2D eigenvalue weighted by Crippen LogP contribution is 2.46. The van der Waals surface area contributed by atoms with E-state index in [4.69, 9.17) is 4.74 Å². The van der Waals surface area contributed by atoms with Crippen LogP contribution < -0.4 is 10.1 Å². The SMILES string of the molecule is COc1cccc2c1[C@@H]1C[C@@H]3[C@@H](CCCN3C(=O)NCCc3ccccc3)C(=O)N1CC2. The summed E-state index contributed by atoms with van der Waals surface area (Å²) in [4.78, 5) is 30.6. The van der Waals surface area contributed by atoms with Crippen molar-refractivity contribution in [3.63, 3.8) is 0 Å². The van der Waals surface area contributed by atoms with Gasteiger partial charge in [-0.2, -0.15) is 0 Å². The molecule has 3 heterocycles. The van der Waals surface area contributed by atoms with Crippen molar-refractivity contribution in [2.24, 2.45) is 5.92 Å². The van der Waals surface area contributed by atoms with Crippen LogP contribution in [0.3, 0.4) is 0 Å². The van der Waals surface area contributed by atoms with Crippen molar-refractivity contribution in [3.05, 3.63) is 65.2 Å². The van der Waals surface area contributed by atoms with Crippen molar-refractivity contribution in [2.45, 2.75) is 44.2 Å². The Hall–Kier alpha value is -3.02.